The fourth-order valence-corrected chi connectivity index (χ4v) is 2.46. The van der Waals surface area contributed by atoms with Gasteiger partial charge in [-0.25, -0.2) is 0 Å². The van der Waals surface area contributed by atoms with Crippen LogP contribution in [0.5, 0.6) is 0 Å². The normalized spacial score (nSPS) is 11.8. The van der Waals surface area contributed by atoms with E-state index in [1.165, 1.54) is 0 Å². The SMILES string of the molecule is CCOCC(CCl)(CCl)c1ccc(Br)cc1. The minimum atomic E-state index is -0.292. The summed E-state index contributed by atoms with van der Waals surface area (Å²) in [5.41, 5.74) is 0.828. The third-order valence-electron chi connectivity index (χ3n) is 2.55. The molecule has 0 aromatic heterocycles. The van der Waals surface area contributed by atoms with Crippen LogP contribution in [0.1, 0.15) is 12.5 Å². The van der Waals surface area contributed by atoms with Gasteiger partial charge in [0.2, 0.25) is 0 Å². The molecule has 0 amide bonds. The van der Waals surface area contributed by atoms with Crippen molar-refractivity contribution in [2.24, 2.45) is 0 Å². The molecule has 0 aliphatic heterocycles. The molecule has 1 aromatic rings. The van der Waals surface area contributed by atoms with Crippen LogP contribution in [-0.2, 0) is 10.2 Å². The summed E-state index contributed by atoms with van der Waals surface area (Å²) in [4.78, 5) is 0. The minimum absolute atomic E-state index is 0.292. The molecule has 0 saturated carbocycles. The number of alkyl halides is 2. The molecule has 0 heterocycles. The van der Waals surface area contributed by atoms with Crippen molar-refractivity contribution in [1.29, 1.82) is 0 Å². The molecule has 0 atom stereocenters. The van der Waals surface area contributed by atoms with Gasteiger partial charge in [0, 0.05) is 28.3 Å². The molecule has 0 radical (unpaired) electrons. The van der Waals surface area contributed by atoms with Gasteiger partial charge < -0.3 is 4.74 Å². The largest absolute Gasteiger partial charge is 0.381 e. The Morgan fingerprint density at radius 3 is 2.19 bits per heavy atom. The summed E-state index contributed by atoms with van der Waals surface area (Å²) in [5, 5.41) is 0. The highest BCUT2D eigenvalue weighted by molar-refractivity contribution is 9.10. The number of ether oxygens (including phenoxy) is 1. The first-order valence-corrected chi connectivity index (χ1v) is 7.00. The number of hydrogen-bond acceptors (Lipinski definition) is 1. The first-order valence-electron chi connectivity index (χ1n) is 5.14. The first-order chi connectivity index (χ1) is 7.68. The molecule has 0 spiro atoms. The van der Waals surface area contributed by atoms with Crippen molar-refractivity contribution in [2.45, 2.75) is 12.3 Å². The van der Waals surface area contributed by atoms with Gasteiger partial charge in [0.1, 0.15) is 0 Å². The van der Waals surface area contributed by atoms with Crippen molar-refractivity contribution in [3.63, 3.8) is 0 Å². The molecule has 0 fully saturated rings. The van der Waals surface area contributed by atoms with E-state index in [9.17, 15) is 0 Å². The molecule has 0 unspecified atom stereocenters. The van der Waals surface area contributed by atoms with Crippen molar-refractivity contribution < 1.29 is 4.74 Å². The predicted molar refractivity (Wildman–Crippen MR) is 73.8 cm³/mol. The molecule has 0 aliphatic rings. The molecule has 0 bridgehead atoms. The van der Waals surface area contributed by atoms with Gasteiger partial charge in [-0.2, -0.15) is 0 Å². The van der Waals surface area contributed by atoms with Crippen LogP contribution in [0.2, 0.25) is 0 Å². The molecule has 1 nitrogen and oxygen atoms in total. The number of halogens is 3. The van der Waals surface area contributed by atoms with E-state index in [-0.39, 0.29) is 5.41 Å². The highest BCUT2D eigenvalue weighted by Crippen LogP contribution is 2.29. The highest BCUT2D eigenvalue weighted by Gasteiger charge is 2.30. The van der Waals surface area contributed by atoms with Crippen LogP contribution >= 0.6 is 39.1 Å². The third kappa shape index (κ3) is 3.36. The molecule has 90 valence electrons. The van der Waals surface area contributed by atoms with E-state index in [2.05, 4.69) is 15.9 Å². The Balaban J connectivity index is 2.95. The van der Waals surface area contributed by atoms with Gasteiger partial charge in [-0.15, -0.1) is 23.2 Å². The van der Waals surface area contributed by atoms with Gasteiger partial charge >= 0.3 is 0 Å². The molecule has 1 rings (SSSR count). The van der Waals surface area contributed by atoms with Crippen molar-refractivity contribution in [3.05, 3.63) is 34.3 Å². The fraction of sp³-hybridized carbons (Fsp3) is 0.500. The number of rotatable bonds is 6. The Labute approximate surface area is 115 Å². The molecule has 16 heavy (non-hydrogen) atoms. The Hall–Kier alpha value is 0.240. The third-order valence-corrected chi connectivity index (χ3v) is 4.10. The molecule has 0 aliphatic carbocycles. The van der Waals surface area contributed by atoms with Crippen molar-refractivity contribution >= 4 is 39.1 Å². The Bertz CT molecular complexity index is 309. The van der Waals surface area contributed by atoms with E-state index in [0.29, 0.717) is 25.0 Å². The molecular weight excluding hydrogens is 311 g/mol. The first kappa shape index (κ1) is 14.3. The maximum atomic E-state index is 6.06. The van der Waals surface area contributed by atoms with Crippen LogP contribution in [0.4, 0.5) is 0 Å². The molecule has 0 N–H and O–H groups in total. The van der Waals surface area contributed by atoms with Gasteiger partial charge in [-0.3, -0.25) is 0 Å². The maximum Gasteiger partial charge on any atom is 0.0585 e. The standard InChI is InChI=1S/C12H15BrCl2O/c1-2-16-9-12(7-14,8-15)10-3-5-11(13)6-4-10/h3-6H,2,7-9H2,1H3. The smallest absolute Gasteiger partial charge is 0.0585 e. The lowest BCUT2D eigenvalue weighted by molar-refractivity contribution is 0.108. The van der Waals surface area contributed by atoms with E-state index in [0.717, 1.165) is 10.0 Å². The maximum absolute atomic E-state index is 6.06. The lowest BCUT2D eigenvalue weighted by Gasteiger charge is -2.29. The van der Waals surface area contributed by atoms with E-state index < -0.39 is 0 Å². The topological polar surface area (TPSA) is 9.23 Å². The fourth-order valence-electron chi connectivity index (χ4n) is 1.45. The van der Waals surface area contributed by atoms with Crippen LogP contribution in [0.15, 0.2) is 28.7 Å². The lowest BCUT2D eigenvalue weighted by atomic mass is 9.85. The summed E-state index contributed by atoms with van der Waals surface area (Å²) in [6.45, 7) is 3.19. The Kier molecular flexibility index (Phi) is 6.12. The summed E-state index contributed by atoms with van der Waals surface area (Å²) in [7, 11) is 0. The summed E-state index contributed by atoms with van der Waals surface area (Å²) < 4.78 is 6.53. The van der Waals surface area contributed by atoms with Crippen LogP contribution in [-0.4, -0.2) is 25.0 Å². The molecule has 0 saturated heterocycles. The van der Waals surface area contributed by atoms with Crippen LogP contribution < -0.4 is 0 Å². The van der Waals surface area contributed by atoms with E-state index >= 15 is 0 Å². The zero-order chi connectivity index (χ0) is 12.0. The minimum Gasteiger partial charge on any atom is -0.381 e. The molecule has 4 heteroatoms. The van der Waals surface area contributed by atoms with Crippen molar-refractivity contribution in [2.75, 3.05) is 25.0 Å². The summed E-state index contributed by atoms with van der Waals surface area (Å²) >= 11 is 15.5. The second-order valence-electron chi connectivity index (χ2n) is 3.69. The van der Waals surface area contributed by atoms with Crippen molar-refractivity contribution in [1.82, 2.24) is 0 Å². The molecule has 1 aromatic carbocycles. The second-order valence-corrected chi connectivity index (χ2v) is 5.14. The van der Waals surface area contributed by atoms with Crippen LogP contribution in [0.25, 0.3) is 0 Å². The highest BCUT2D eigenvalue weighted by atomic mass is 79.9. The van der Waals surface area contributed by atoms with Crippen LogP contribution in [0.3, 0.4) is 0 Å². The quantitative estimate of drug-likeness (QED) is 0.712. The Morgan fingerprint density at radius 2 is 1.75 bits per heavy atom. The van der Waals surface area contributed by atoms with E-state index in [1.54, 1.807) is 0 Å². The average Bonchev–Trinajstić information content (AvgIpc) is 2.33. The predicted octanol–water partition coefficient (Wildman–Crippen LogP) is 4.20. The lowest BCUT2D eigenvalue weighted by Crippen LogP contribution is -2.36. The van der Waals surface area contributed by atoms with Gasteiger partial charge in [-0.05, 0) is 24.6 Å². The zero-order valence-electron chi connectivity index (χ0n) is 9.18. The average molecular weight is 326 g/mol. The van der Waals surface area contributed by atoms with Gasteiger partial charge in [0.15, 0.2) is 0 Å². The van der Waals surface area contributed by atoms with E-state index in [1.807, 2.05) is 31.2 Å². The van der Waals surface area contributed by atoms with E-state index in [4.69, 9.17) is 27.9 Å². The molecular formula is C12H15BrCl2O. The van der Waals surface area contributed by atoms with Gasteiger partial charge in [-0.1, -0.05) is 28.1 Å². The van der Waals surface area contributed by atoms with Gasteiger partial charge in [0.25, 0.3) is 0 Å². The number of benzene rings is 1. The second kappa shape index (κ2) is 6.85. The summed E-state index contributed by atoms with van der Waals surface area (Å²) in [5.74, 6) is 0.913. The monoisotopic (exact) mass is 324 g/mol. The Morgan fingerprint density at radius 1 is 1.19 bits per heavy atom. The number of hydrogen-bond donors (Lipinski definition) is 0. The zero-order valence-corrected chi connectivity index (χ0v) is 12.3. The summed E-state index contributed by atoms with van der Waals surface area (Å²) in [6.07, 6.45) is 0. The van der Waals surface area contributed by atoms with Gasteiger partial charge in [0.05, 0.1) is 6.61 Å². The summed E-state index contributed by atoms with van der Waals surface area (Å²) in [6, 6.07) is 8.06. The van der Waals surface area contributed by atoms with Crippen LogP contribution in [0, 0.1) is 0 Å². The van der Waals surface area contributed by atoms with Crippen molar-refractivity contribution in [3.8, 4) is 0 Å².